The van der Waals surface area contributed by atoms with Crippen LogP contribution in [-0.2, 0) is 11.3 Å². The molecular formula is C18H23Br2NO. The molecule has 0 bridgehead atoms. The molecule has 2 nitrogen and oxygen atoms in total. The first kappa shape index (κ1) is 17.7. The van der Waals surface area contributed by atoms with Crippen LogP contribution in [0.2, 0.25) is 0 Å². The van der Waals surface area contributed by atoms with E-state index >= 15 is 0 Å². The quantitative estimate of drug-likeness (QED) is 0.555. The Bertz CT molecular complexity index is 552. The number of nitrogens with zero attached hydrogens (tertiary/aromatic N) is 1. The van der Waals surface area contributed by atoms with Gasteiger partial charge >= 0.3 is 0 Å². The molecule has 0 saturated heterocycles. The Labute approximate surface area is 150 Å². The first-order valence-corrected chi connectivity index (χ1v) is 9.39. The number of hydrogen-bond acceptors (Lipinski definition) is 1. The lowest BCUT2D eigenvalue weighted by atomic mass is 9.95. The maximum atomic E-state index is 12.8. The van der Waals surface area contributed by atoms with Crippen molar-refractivity contribution in [1.29, 1.82) is 0 Å². The highest BCUT2D eigenvalue weighted by Gasteiger charge is 2.29. The van der Waals surface area contributed by atoms with Crippen molar-refractivity contribution in [2.24, 2.45) is 0 Å². The van der Waals surface area contributed by atoms with Gasteiger partial charge in [-0.25, -0.2) is 0 Å². The molecule has 1 aliphatic rings. The molecule has 0 spiro atoms. The molecule has 2 rings (SSSR count). The summed E-state index contributed by atoms with van der Waals surface area (Å²) < 4.78 is 0.488. The maximum absolute atomic E-state index is 12.8. The predicted molar refractivity (Wildman–Crippen MR) is 98.9 cm³/mol. The van der Waals surface area contributed by atoms with E-state index in [2.05, 4.69) is 44.1 Å². The van der Waals surface area contributed by atoms with Crippen molar-refractivity contribution in [2.45, 2.75) is 56.8 Å². The maximum Gasteiger partial charge on any atom is 0.243 e. The van der Waals surface area contributed by atoms with Crippen molar-refractivity contribution < 1.29 is 4.79 Å². The lowest BCUT2D eigenvalue weighted by Crippen LogP contribution is -2.38. The molecule has 120 valence electrons. The second kappa shape index (κ2) is 7.78. The summed E-state index contributed by atoms with van der Waals surface area (Å²) >= 11 is 7.09. The summed E-state index contributed by atoms with van der Waals surface area (Å²) in [5, 5.41) is 0. The molecule has 0 atom stereocenters. The zero-order chi connectivity index (χ0) is 16.2. The second-order valence-electron chi connectivity index (χ2n) is 6.34. The van der Waals surface area contributed by atoms with Crippen molar-refractivity contribution in [2.75, 3.05) is 0 Å². The van der Waals surface area contributed by atoms with E-state index in [1.807, 2.05) is 36.9 Å². The lowest BCUT2D eigenvalue weighted by Gasteiger charge is -2.28. The Kier molecular flexibility index (Phi) is 6.27. The van der Waals surface area contributed by atoms with Crippen molar-refractivity contribution >= 4 is 37.8 Å². The summed E-state index contributed by atoms with van der Waals surface area (Å²) in [7, 11) is 0. The van der Waals surface area contributed by atoms with E-state index in [0.717, 1.165) is 22.9 Å². The molecule has 1 fully saturated rings. The van der Waals surface area contributed by atoms with Crippen LogP contribution in [0.15, 0.2) is 40.5 Å². The van der Waals surface area contributed by atoms with E-state index < -0.39 is 4.32 Å². The highest BCUT2D eigenvalue weighted by molar-refractivity contribution is 9.10. The summed E-state index contributed by atoms with van der Waals surface area (Å²) in [6, 6.07) is 8.08. The minimum absolute atomic E-state index is 0.0985. The number of amides is 1. The second-order valence-corrected chi connectivity index (χ2v) is 9.18. The fraction of sp³-hybridized carbons (Fsp3) is 0.500. The predicted octanol–water partition coefficient (Wildman–Crippen LogP) is 5.80. The molecule has 0 unspecified atom stereocenters. The largest absolute Gasteiger partial charge is 0.313 e. The molecule has 1 saturated carbocycles. The van der Waals surface area contributed by atoms with Crippen LogP contribution in [0.4, 0.5) is 0 Å². The average molecular weight is 429 g/mol. The lowest BCUT2D eigenvalue weighted by molar-refractivity contribution is -0.130. The summed E-state index contributed by atoms with van der Waals surface area (Å²) in [4.78, 5) is 14.6. The van der Waals surface area contributed by atoms with Crippen LogP contribution in [0.5, 0.6) is 0 Å². The molecular weight excluding hydrogens is 406 g/mol. The van der Waals surface area contributed by atoms with Gasteiger partial charge in [-0.05, 0) is 51.2 Å². The minimum Gasteiger partial charge on any atom is -0.313 e. The van der Waals surface area contributed by atoms with Crippen molar-refractivity contribution in [3.63, 3.8) is 0 Å². The fourth-order valence-corrected chi connectivity index (χ4v) is 3.32. The summed E-state index contributed by atoms with van der Waals surface area (Å²) in [6.07, 6.45) is 8.09. The third kappa shape index (κ3) is 4.95. The highest BCUT2D eigenvalue weighted by atomic mass is 79.9. The number of allylic oxidation sites excluding steroid dienone is 1. The van der Waals surface area contributed by atoms with E-state index in [0.29, 0.717) is 6.54 Å². The summed E-state index contributed by atoms with van der Waals surface area (Å²) in [5.41, 5.74) is 2.52. The number of halogens is 2. The van der Waals surface area contributed by atoms with Gasteiger partial charge in [-0.15, -0.1) is 0 Å². The molecule has 1 amide bonds. The molecule has 1 aliphatic carbocycles. The smallest absolute Gasteiger partial charge is 0.243 e. The van der Waals surface area contributed by atoms with E-state index in [9.17, 15) is 4.79 Å². The van der Waals surface area contributed by atoms with Gasteiger partial charge in [0.1, 0.15) is 0 Å². The first-order chi connectivity index (χ1) is 10.4. The van der Waals surface area contributed by atoms with Gasteiger partial charge in [0, 0.05) is 10.7 Å². The topological polar surface area (TPSA) is 20.3 Å². The van der Waals surface area contributed by atoms with Gasteiger partial charge in [-0.1, -0.05) is 62.1 Å². The number of carbonyl (C=O) groups excluding carboxylic acids is 1. The van der Waals surface area contributed by atoms with E-state index in [4.69, 9.17) is 0 Å². The zero-order valence-electron chi connectivity index (χ0n) is 13.2. The number of hydrogen-bond donors (Lipinski definition) is 0. The fourth-order valence-electron chi connectivity index (χ4n) is 2.68. The molecule has 0 heterocycles. The molecule has 22 heavy (non-hydrogen) atoms. The Hall–Kier alpha value is -0.610. The first-order valence-electron chi connectivity index (χ1n) is 7.81. The van der Waals surface area contributed by atoms with Gasteiger partial charge in [0.05, 0.1) is 10.9 Å². The third-order valence-corrected chi connectivity index (χ3v) is 5.01. The van der Waals surface area contributed by atoms with Crippen LogP contribution in [0.25, 0.3) is 0 Å². The van der Waals surface area contributed by atoms with Gasteiger partial charge in [-0.3, -0.25) is 4.79 Å². The SMILES string of the molecule is CC(C)(Br)C(=O)N(C=C1CCCCC1)Cc1ccccc1Br. The van der Waals surface area contributed by atoms with Gasteiger partial charge in [0.15, 0.2) is 0 Å². The Morgan fingerprint density at radius 1 is 1.23 bits per heavy atom. The minimum atomic E-state index is -0.556. The van der Waals surface area contributed by atoms with E-state index in [1.165, 1.54) is 24.8 Å². The van der Waals surface area contributed by atoms with Crippen LogP contribution in [0.3, 0.4) is 0 Å². The average Bonchev–Trinajstić information content (AvgIpc) is 2.48. The van der Waals surface area contributed by atoms with Crippen LogP contribution in [0.1, 0.15) is 51.5 Å². The van der Waals surface area contributed by atoms with Crippen LogP contribution >= 0.6 is 31.9 Å². The Morgan fingerprint density at radius 3 is 2.45 bits per heavy atom. The van der Waals surface area contributed by atoms with Crippen molar-refractivity contribution in [3.05, 3.63) is 46.1 Å². The molecule has 1 aromatic carbocycles. The molecule has 0 aliphatic heterocycles. The van der Waals surface area contributed by atoms with Crippen LogP contribution in [-0.4, -0.2) is 15.1 Å². The summed E-state index contributed by atoms with van der Waals surface area (Å²) in [6.45, 7) is 4.41. The van der Waals surface area contributed by atoms with Gasteiger partial charge in [0.25, 0.3) is 0 Å². The standard InChI is InChI=1S/C18H23Br2NO/c1-18(2,20)17(22)21(12-14-8-4-3-5-9-14)13-15-10-6-7-11-16(15)19/h6-7,10-12H,3-5,8-9,13H2,1-2H3. The van der Waals surface area contributed by atoms with Crippen molar-refractivity contribution in [1.82, 2.24) is 4.90 Å². The zero-order valence-corrected chi connectivity index (χ0v) is 16.4. The van der Waals surface area contributed by atoms with Gasteiger partial charge < -0.3 is 4.90 Å². The highest BCUT2D eigenvalue weighted by Crippen LogP contribution is 2.27. The molecule has 1 aromatic rings. The number of alkyl halides is 1. The number of rotatable bonds is 4. The molecule has 0 radical (unpaired) electrons. The van der Waals surface area contributed by atoms with Gasteiger partial charge in [-0.2, -0.15) is 0 Å². The van der Waals surface area contributed by atoms with Crippen LogP contribution in [0, 0.1) is 0 Å². The molecule has 4 heteroatoms. The van der Waals surface area contributed by atoms with Crippen molar-refractivity contribution in [3.8, 4) is 0 Å². The molecule has 0 aromatic heterocycles. The normalized spacial score (nSPS) is 15.5. The van der Waals surface area contributed by atoms with E-state index in [1.54, 1.807) is 0 Å². The van der Waals surface area contributed by atoms with Crippen LogP contribution < -0.4 is 0 Å². The number of carbonyl (C=O) groups is 1. The Balaban J connectivity index is 2.25. The third-order valence-electron chi connectivity index (χ3n) is 3.90. The number of benzene rings is 1. The monoisotopic (exact) mass is 427 g/mol. The van der Waals surface area contributed by atoms with Gasteiger partial charge in [0.2, 0.25) is 5.91 Å². The Morgan fingerprint density at radius 2 is 1.86 bits per heavy atom. The van der Waals surface area contributed by atoms with E-state index in [-0.39, 0.29) is 5.91 Å². The molecule has 0 N–H and O–H groups in total. The summed E-state index contributed by atoms with van der Waals surface area (Å²) in [5.74, 6) is 0.0985.